The second-order valence-electron chi connectivity index (χ2n) is 6.26. The largest absolute Gasteiger partial charge is 0.424 e. The van der Waals surface area contributed by atoms with Crippen LogP contribution in [0.5, 0.6) is 5.75 Å². The van der Waals surface area contributed by atoms with Gasteiger partial charge in [-0.3, -0.25) is 4.79 Å². The molecule has 0 saturated heterocycles. The van der Waals surface area contributed by atoms with Gasteiger partial charge in [0.2, 0.25) is 0 Å². The van der Waals surface area contributed by atoms with E-state index < -0.39 is 0 Å². The molecule has 4 aromatic rings. The van der Waals surface area contributed by atoms with E-state index >= 15 is 0 Å². The quantitative estimate of drug-likeness (QED) is 0.517. The molecule has 0 amide bonds. The fourth-order valence-corrected chi connectivity index (χ4v) is 3.18. The smallest absolute Gasteiger partial charge is 0.308 e. The maximum Gasteiger partial charge on any atom is 0.308 e. The molecule has 134 valence electrons. The van der Waals surface area contributed by atoms with Crippen LogP contribution in [0, 0.1) is 13.8 Å². The lowest BCUT2D eigenvalue weighted by Crippen LogP contribution is -2.07. The van der Waals surface area contributed by atoms with Crippen LogP contribution >= 0.6 is 0 Å². The molecule has 27 heavy (non-hydrogen) atoms. The minimum Gasteiger partial charge on any atom is -0.424 e. The molecule has 0 radical (unpaired) electrons. The number of hydrogen-bond acceptors (Lipinski definition) is 5. The van der Waals surface area contributed by atoms with E-state index in [1.165, 1.54) is 6.92 Å². The zero-order valence-electron chi connectivity index (χ0n) is 15.3. The summed E-state index contributed by atoms with van der Waals surface area (Å²) >= 11 is 0. The number of fused-ring (bicyclic) bond motifs is 1. The van der Waals surface area contributed by atoms with Crippen LogP contribution in [0.4, 0.5) is 0 Å². The monoisotopic (exact) mass is 358 g/mol. The summed E-state index contributed by atoms with van der Waals surface area (Å²) < 4.78 is 7.17. The topological polar surface area (TPSA) is 69.9 Å². The first-order valence-electron chi connectivity index (χ1n) is 8.61. The molecule has 4 rings (SSSR count). The Morgan fingerprint density at radius 2 is 1.78 bits per heavy atom. The molecule has 0 fully saturated rings. The number of nitrogens with zero attached hydrogens (tertiary/aromatic N) is 4. The first-order valence-corrected chi connectivity index (χ1v) is 8.61. The molecule has 0 atom stereocenters. The minimum atomic E-state index is -0.374. The van der Waals surface area contributed by atoms with Crippen molar-refractivity contribution in [2.24, 2.45) is 0 Å². The summed E-state index contributed by atoms with van der Waals surface area (Å²) in [6.45, 7) is 5.13. The molecule has 3 heterocycles. The highest BCUT2D eigenvalue weighted by Gasteiger charge is 2.22. The highest BCUT2D eigenvalue weighted by molar-refractivity contribution is 5.96. The summed E-state index contributed by atoms with van der Waals surface area (Å²) in [6.07, 6.45) is 1.72. The molecule has 0 aliphatic rings. The summed E-state index contributed by atoms with van der Waals surface area (Å²) in [4.78, 5) is 20.7. The van der Waals surface area contributed by atoms with Gasteiger partial charge in [0.15, 0.2) is 17.2 Å². The van der Waals surface area contributed by atoms with Crippen molar-refractivity contribution in [2.45, 2.75) is 20.8 Å². The summed E-state index contributed by atoms with van der Waals surface area (Å²) in [6, 6.07) is 15.5. The fourth-order valence-electron chi connectivity index (χ4n) is 3.18. The Labute approximate surface area is 156 Å². The molecule has 0 aliphatic carbocycles. The number of carbonyl (C=O) groups excluding carboxylic acids is 1. The first kappa shape index (κ1) is 16.9. The van der Waals surface area contributed by atoms with Crippen LogP contribution in [-0.2, 0) is 4.79 Å². The number of aromatic nitrogens is 4. The predicted molar refractivity (Wildman–Crippen MR) is 103 cm³/mol. The Bertz CT molecular complexity index is 1140. The standard InChI is InChI=1S/C21H18N4O2/c1-13-18-19(16-9-5-4-6-10-16)24-25(17-11-7-8-12-22-17)21(18)23-14(2)20(13)27-15(3)26/h4-12H,1-3H3. The lowest BCUT2D eigenvalue weighted by Gasteiger charge is -2.10. The van der Waals surface area contributed by atoms with Gasteiger partial charge >= 0.3 is 5.97 Å². The number of rotatable bonds is 3. The molecule has 0 N–H and O–H groups in total. The summed E-state index contributed by atoms with van der Waals surface area (Å²) in [7, 11) is 0. The highest BCUT2D eigenvalue weighted by Crippen LogP contribution is 2.36. The number of aryl methyl sites for hydroxylation is 2. The number of esters is 1. The second-order valence-corrected chi connectivity index (χ2v) is 6.26. The second kappa shape index (κ2) is 6.64. The molecule has 0 saturated carbocycles. The Morgan fingerprint density at radius 3 is 2.44 bits per heavy atom. The molecule has 0 aliphatic heterocycles. The van der Waals surface area contributed by atoms with Crippen molar-refractivity contribution in [1.29, 1.82) is 0 Å². The van der Waals surface area contributed by atoms with Gasteiger partial charge in [0.1, 0.15) is 5.69 Å². The predicted octanol–water partition coefficient (Wildman–Crippen LogP) is 4.02. The highest BCUT2D eigenvalue weighted by atomic mass is 16.5. The van der Waals surface area contributed by atoms with Crippen LogP contribution in [0.15, 0.2) is 54.7 Å². The zero-order chi connectivity index (χ0) is 19.0. The molecular weight excluding hydrogens is 340 g/mol. The van der Waals surface area contributed by atoms with E-state index in [0.717, 1.165) is 22.2 Å². The molecule has 0 spiro atoms. The Hall–Kier alpha value is -3.54. The number of hydrogen-bond donors (Lipinski definition) is 0. The van der Waals surface area contributed by atoms with E-state index in [4.69, 9.17) is 14.8 Å². The SMILES string of the molecule is CC(=O)Oc1c(C)nc2c(c(-c3ccccc3)nn2-c2ccccn2)c1C. The third-order valence-electron chi connectivity index (χ3n) is 4.34. The number of carbonyl (C=O) groups is 1. The van der Waals surface area contributed by atoms with Crippen molar-refractivity contribution >= 4 is 17.0 Å². The van der Waals surface area contributed by atoms with Crippen LogP contribution in [0.2, 0.25) is 0 Å². The van der Waals surface area contributed by atoms with E-state index in [1.54, 1.807) is 10.9 Å². The molecule has 0 unspecified atom stereocenters. The van der Waals surface area contributed by atoms with Gasteiger partial charge < -0.3 is 4.74 Å². The van der Waals surface area contributed by atoms with Crippen molar-refractivity contribution in [3.05, 3.63) is 66.0 Å². The van der Waals surface area contributed by atoms with Gasteiger partial charge in [0, 0.05) is 24.2 Å². The van der Waals surface area contributed by atoms with E-state index in [1.807, 2.05) is 62.4 Å². The van der Waals surface area contributed by atoms with Crippen molar-refractivity contribution in [1.82, 2.24) is 19.7 Å². The average molecular weight is 358 g/mol. The third-order valence-corrected chi connectivity index (χ3v) is 4.34. The van der Waals surface area contributed by atoms with E-state index in [9.17, 15) is 4.79 Å². The number of pyridine rings is 2. The van der Waals surface area contributed by atoms with E-state index in [-0.39, 0.29) is 5.97 Å². The van der Waals surface area contributed by atoms with Gasteiger partial charge in [0.25, 0.3) is 0 Å². The molecule has 6 nitrogen and oxygen atoms in total. The summed E-state index contributed by atoms with van der Waals surface area (Å²) in [5, 5.41) is 5.64. The van der Waals surface area contributed by atoms with Gasteiger partial charge in [0.05, 0.1) is 11.1 Å². The molecule has 6 heteroatoms. The Balaban J connectivity index is 2.08. The van der Waals surface area contributed by atoms with E-state index in [2.05, 4.69) is 4.98 Å². The van der Waals surface area contributed by atoms with Crippen LogP contribution in [0.25, 0.3) is 28.1 Å². The van der Waals surface area contributed by atoms with E-state index in [0.29, 0.717) is 22.9 Å². The average Bonchev–Trinajstić information content (AvgIpc) is 3.06. The van der Waals surface area contributed by atoms with Gasteiger partial charge in [-0.25, -0.2) is 9.97 Å². The van der Waals surface area contributed by atoms with Gasteiger partial charge in [-0.05, 0) is 26.0 Å². The Kier molecular flexibility index (Phi) is 4.16. The zero-order valence-corrected chi connectivity index (χ0v) is 15.3. The van der Waals surface area contributed by atoms with Crippen molar-refractivity contribution in [3.8, 4) is 22.8 Å². The molecule has 3 aromatic heterocycles. The van der Waals surface area contributed by atoms with Crippen LogP contribution in [0.3, 0.4) is 0 Å². The maximum atomic E-state index is 11.6. The number of ether oxygens (including phenoxy) is 1. The lowest BCUT2D eigenvalue weighted by atomic mass is 10.0. The fraction of sp³-hybridized carbons (Fsp3) is 0.143. The third kappa shape index (κ3) is 2.95. The van der Waals surface area contributed by atoms with Crippen molar-refractivity contribution < 1.29 is 9.53 Å². The van der Waals surface area contributed by atoms with Crippen LogP contribution < -0.4 is 4.74 Å². The Morgan fingerprint density at radius 1 is 1.04 bits per heavy atom. The summed E-state index contributed by atoms with van der Waals surface area (Å²) in [5.74, 6) is 0.782. The van der Waals surface area contributed by atoms with Crippen LogP contribution in [0.1, 0.15) is 18.2 Å². The maximum absolute atomic E-state index is 11.6. The lowest BCUT2D eigenvalue weighted by molar-refractivity contribution is -0.132. The van der Waals surface area contributed by atoms with Gasteiger partial charge in [-0.2, -0.15) is 9.78 Å². The minimum absolute atomic E-state index is 0.374. The van der Waals surface area contributed by atoms with Crippen molar-refractivity contribution in [2.75, 3.05) is 0 Å². The first-order chi connectivity index (χ1) is 13.1. The van der Waals surface area contributed by atoms with Gasteiger partial charge in [-0.1, -0.05) is 36.4 Å². The normalized spacial score (nSPS) is 10.9. The molecular formula is C21H18N4O2. The summed E-state index contributed by atoms with van der Waals surface area (Å²) in [5.41, 5.74) is 3.87. The number of benzene rings is 1. The van der Waals surface area contributed by atoms with Crippen LogP contribution in [-0.4, -0.2) is 25.7 Å². The molecule has 0 bridgehead atoms. The van der Waals surface area contributed by atoms with Gasteiger partial charge in [-0.15, -0.1) is 0 Å². The molecule has 1 aromatic carbocycles. The van der Waals surface area contributed by atoms with Crippen molar-refractivity contribution in [3.63, 3.8) is 0 Å².